The largest absolute Gasteiger partial charge is 0.336 e. The summed E-state index contributed by atoms with van der Waals surface area (Å²) in [6.07, 6.45) is 5.56. The van der Waals surface area contributed by atoms with Crippen LogP contribution < -0.4 is 0 Å². The van der Waals surface area contributed by atoms with Gasteiger partial charge in [0, 0.05) is 62.9 Å². The van der Waals surface area contributed by atoms with Gasteiger partial charge < -0.3 is 9.80 Å². The molecule has 2 aromatic carbocycles. The molecule has 1 aromatic heterocycles. The first-order valence-electron chi connectivity index (χ1n) is 13.8. The summed E-state index contributed by atoms with van der Waals surface area (Å²) >= 11 is 0. The maximum atomic E-state index is 13.6. The van der Waals surface area contributed by atoms with Gasteiger partial charge in [-0.25, -0.2) is 9.97 Å². The van der Waals surface area contributed by atoms with E-state index >= 15 is 0 Å². The highest BCUT2D eigenvalue weighted by Gasteiger charge is 2.30. The number of hydrogen-bond acceptors (Lipinski definition) is 6. The summed E-state index contributed by atoms with van der Waals surface area (Å²) in [5, 5.41) is 0. The second-order valence-corrected chi connectivity index (χ2v) is 11.0. The molecule has 3 aliphatic heterocycles. The molecule has 2 saturated heterocycles. The van der Waals surface area contributed by atoms with E-state index in [1.54, 1.807) is 0 Å². The molecule has 6 rings (SSSR count). The van der Waals surface area contributed by atoms with Crippen LogP contribution in [-0.4, -0.2) is 82.2 Å². The molecule has 4 heterocycles. The van der Waals surface area contributed by atoms with Crippen LogP contribution >= 0.6 is 0 Å². The van der Waals surface area contributed by atoms with Gasteiger partial charge in [-0.15, -0.1) is 0 Å². The molecule has 0 unspecified atom stereocenters. The van der Waals surface area contributed by atoms with Crippen molar-refractivity contribution >= 4 is 11.7 Å². The Labute approximate surface area is 224 Å². The minimum Gasteiger partial charge on any atom is -0.336 e. The molecule has 7 nitrogen and oxygen atoms in total. The number of hydrogen-bond donors (Lipinski definition) is 0. The monoisotopic (exact) mass is 509 g/mol. The number of nitrogens with zero attached hydrogens (tertiary/aromatic N) is 5. The third-order valence-corrected chi connectivity index (χ3v) is 8.16. The Hall–Kier alpha value is -3.42. The molecule has 196 valence electrons. The minimum atomic E-state index is -0.0532. The number of aromatic nitrogens is 2. The number of carbonyl (C=O) groups is 2. The summed E-state index contributed by atoms with van der Waals surface area (Å²) in [4.78, 5) is 42.9. The van der Waals surface area contributed by atoms with Crippen molar-refractivity contribution < 1.29 is 9.59 Å². The second-order valence-electron chi connectivity index (χ2n) is 11.0. The Morgan fingerprint density at radius 3 is 2.63 bits per heavy atom. The first-order chi connectivity index (χ1) is 18.5. The van der Waals surface area contributed by atoms with Gasteiger partial charge in [-0.1, -0.05) is 24.3 Å². The van der Waals surface area contributed by atoms with Gasteiger partial charge in [-0.05, 0) is 73.8 Å². The number of carbonyl (C=O) groups excluding carboxylic acids is 2. The van der Waals surface area contributed by atoms with Crippen LogP contribution in [0.1, 0.15) is 52.1 Å². The molecule has 0 spiro atoms. The average molecular weight is 510 g/mol. The highest BCUT2D eigenvalue weighted by molar-refractivity contribution is 5.94. The summed E-state index contributed by atoms with van der Waals surface area (Å²) in [7, 11) is 2.09. The van der Waals surface area contributed by atoms with Crippen molar-refractivity contribution in [1.29, 1.82) is 0 Å². The number of ketones is 1. The molecule has 0 aliphatic carbocycles. The summed E-state index contributed by atoms with van der Waals surface area (Å²) in [6.45, 7) is 4.83. The van der Waals surface area contributed by atoms with Crippen LogP contribution in [0.3, 0.4) is 0 Å². The quantitative estimate of drug-likeness (QED) is 0.499. The number of rotatable bonds is 1. The molecule has 0 N–H and O–H groups in total. The van der Waals surface area contributed by atoms with Crippen LogP contribution in [0.5, 0.6) is 0 Å². The van der Waals surface area contributed by atoms with Crippen LogP contribution in [0.15, 0.2) is 54.7 Å². The molecule has 7 heteroatoms. The van der Waals surface area contributed by atoms with Crippen molar-refractivity contribution in [2.75, 3.05) is 39.8 Å². The summed E-state index contributed by atoms with van der Waals surface area (Å²) in [6, 6.07) is 16.4. The lowest BCUT2D eigenvalue weighted by Crippen LogP contribution is -2.47. The fourth-order valence-electron chi connectivity index (χ4n) is 6.03. The normalized spacial score (nSPS) is 20.8. The Kier molecular flexibility index (Phi) is 7.04. The number of likely N-dealkylation sites (N-methyl/N-ethyl adjacent to an activating group) is 1. The molecule has 0 radical (unpaired) electrons. The van der Waals surface area contributed by atoms with Crippen molar-refractivity contribution in [2.24, 2.45) is 0 Å². The SMILES string of the molecule is CN1CCN(C(=O)c2cc3cc(c2)CN2CCC[C@H]2C(=O)CCc2cccc(c2)-c2ccnc(n2)C3)CC1. The van der Waals surface area contributed by atoms with E-state index in [1.165, 1.54) is 0 Å². The molecule has 2 fully saturated rings. The number of fused-ring (bicyclic) bond motifs is 8. The van der Waals surface area contributed by atoms with Crippen LogP contribution in [0.4, 0.5) is 0 Å². The van der Waals surface area contributed by atoms with E-state index < -0.39 is 0 Å². The zero-order valence-electron chi connectivity index (χ0n) is 22.1. The molecular formula is C31H35N5O2. The first-order valence-corrected chi connectivity index (χ1v) is 13.8. The van der Waals surface area contributed by atoms with E-state index in [9.17, 15) is 9.59 Å². The average Bonchev–Trinajstić information content (AvgIpc) is 3.39. The van der Waals surface area contributed by atoms with Gasteiger partial charge in [0.15, 0.2) is 0 Å². The third-order valence-electron chi connectivity index (χ3n) is 8.16. The number of amides is 1. The van der Waals surface area contributed by atoms with Crippen molar-refractivity contribution in [3.63, 3.8) is 0 Å². The van der Waals surface area contributed by atoms with E-state index in [1.807, 2.05) is 35.4 Å². The van der Waals surface area contributed by atoms with Crippen molar-refractivity contribution in [3.8, 4) is 11.3 Å². The van der Waals surface area contributed by atoms with Crippen LogP contribution in [0.2, 0.25) is 0 Å². The fourth-order valence-corrected chi connectivity index (χ4v) is 6.03. The van der Waals surface area contributed by atoms with Crippen LogP contribution in [0.25, 0.3) is 11.3 Å². The Morgan fingerprint density at radius 1 is 0.921 bits per heavy atom. The summed E-state index contributed by atoms with van der Waals surface area (Å²) in [5.74, 6) is 1.13. The van der Waals surface area contributed by atoms with Gasteiger partial charge >= 0.3 is 0 Å². The molecule has 1 atom stereocenters. The highest BCUT2D eigenvalue weighted by atomic mass is 16.2. The van der Waals surface area contributed by atoms with Crippen molar-refractivity contribution in [2.45, 2.75) is 44.7 Å². The number of benzene rings is 2. The molecule has 38 heavy (non-hydrogen) atoms. The van der Waals surface area contributed by atoms with Crippen molar-refractivity contribution in [3.05, 3.63) is 82.8 Å². The standard InChI is InChI=1S/C31H35N5O2/c1-34-12-14-35(15-13-34)31(38)26-18-23-16-24(19-26)21-36-11-3-6-28(36)29(37)8-7-22-4-2-5-25(17-22)27-9-10-32-30(20-23)33-27/h2,4-5,9-10,16-19,28H,3,6-8,11-15,20-21H2,1H3/t28-/m0/s1. The van der Waals surface area contributed by atoms with Gasteiger partial charge in [0.1, 0.15) is 11.6 Å². The van der Waals surface area contributed by atoms with E-state index in [0.29, 0.717) is 30.7 Å². The van der Waals surface area contributed by atoms with Gasteiger partial charge in [-0.2, -0.15) is 0 Å². The van der Waals surface area contributed by atoms with Gasteiger partial charge in [-0.3, -0.25) is 14.5 Å². The fraction of sp³-hybridized carbons (Fsp3) is 0.419. The van der Waals surface area contributed by atoms with Gasteiger partial charge in [0.25, 0.3) is 5.91 Å². The lowest BCUT2D eigenvalue weighted by molar-refractivity contribution is -0.123. The van der Waals surface area contributed by atoms with E-state index in [-0.39, 0.29) is 11.9 Å². The Morgan fingerprint density at radius 2 is 1.76 bits per heavy atom. The Bertz CT molecular complexity index is 1350. The smallest absolute Gasteiger partial charge is 0.253 e. The maximum absolute atomic E-state index is 13.6. The zero-order chi connectivity index (χ0) is 26.1. The van der Waals surface area contributed by atoms with Crippen LogP contribution in [-0.2, 0) is 24.2 Å². The first kappa shape index (κ1) is 24.9. The third kappa shape index (κ3) is 5.40. The highest BCUT2D eigenvalue weighted by Crippen LogP contribution is 2.26. The van der Waals surface area contributed by atoms with Crippen molar-refractivity contribution in [1.82, 2.24) is 24.7 Å². The molecule has 3 aliphatic rings. The molecular weight excluding hydrogens is 474 g/mol. The lowest BCUT2D eigenvalue weighted by Gasteiger charge is -2.32. The number of Topliss-reactive ketones (excluding diaryl/α,β-unsaturated/α-hetero) is 1. The predicted octanol–water partition coefficient (Wildman–Crippen LogP) is 3.60. The molecule has 1 amide bonds. The lowest BCUT2D eigenvalue weighted by atomic mass is 9.98. The molecule has 3 aromatic rings. The van der Waals surface area contributed by atoms with Crippen LogP contribution in [0, 0.1) is 0 Å². The van der Waals surface area contributed by atoms with E-state index in [2.05, 4.69) is 46.1 Å². The maximum Gasteiger partial charge on any atom is 0.253 e. The predicted molar refractivity (Wildman–Crippen MR) is 147 cm³/mol. The minimum absolute atomic E-state index is 0.0532. The molecule has 6 bridgehead atoms. The molecule has 0 saturated carbocycles. The number of piperazine rings is 1. The number of aryl methyl sites for hydroxylation is 1. The Balaban J connectivity index is 1.39. The topological polar surface area (TPSA) is 69.6 Å². The summed E-state index contributed by atoms with van der Waals surface area (Å²) < 4.78 is 0. The van der Waals surface area contributed by atoms with E-state index in [4.69, 9.17) is 4.98 Å². The summed E-state index contributed by atoms with van der Waals surface area (Å²) in [5.41, 5.74) is 5.89. The van der Waals surface area contributed by atoms with Gasteiger partial charge in [0.05, 0.1) is 11.7 Å². The zero-order valence-corrected chi connectivity index (χ0v) is 22.1. The van der Waals surface area contributed by atoms with E-state index in [0.717, 1.165) is 85.8 Å². The second kappa shape index (κ2) is 10.8. The van der Waals surface area contributed by atoms with Gasteiger partial charge in [0.2, 0.25) is 0 Å².